The topological polar surface area (TPSA) is 96.2 Å². The average molecular weight is 338 g/mol. The molecule has 0 aliphatic carbocycles. The number of aryl methyl sites for hydroxylation is 2. The first-order valence-corrected chi connectivity index (χ1v) is 7.99. The van der Waals surface area contributed by atoms with Crippen LogP contribution in [0.5, 0.6) is 0 Å². The third kappa shape index (κ3) is 3.38. The summed E-state index contributed by atoms with van der Waals surface area (Å²) in [5.74, 6) is 0.180. The lowest BCUT2D eigenvalue weighted by Gasteiger charge is -2.02. The van der Waals surface area contributed by atoms with Crippen LogP contribution < -0.4 is 5.56 Å². The summed E-state index contributed by atoms with van der Waals surface area (Å²) in [5, 5.41) is 9.86. The molecule has 6 nitrogen and oxygen atoms in total. The number of para-hydroxylation sites is 1. The molecule has 0 spiro atoms. The van der Waals surface area contributed by atoms with Crippen LogP contribution in [0, 0.1) is 6.92 Å². The lowest BCUT2D eigenvalue weighted by Crippen LogP contribution is -2.20. The number of furan rings is 1. The van der Waals surface area contributed by atoms with Crippen molar-refractivity contribution in [2.24, 2.45) is 0 Å². The molecule has 2 heterocycles. The molecule has 2 N–H and O–H groups in total. The second-order valence-corrected chi connectivity index (χ2v) is 5.71. The predicted octanol–water partition coefficient (Wildman–Crippen LogP) is 3.18. The molecular formula is C19H18N2O4. The molecule has 0 aliphatic rings. The van der Waals surface area contributed by atoms with Gasteiger partial charge in [-0.3, -0.25) is 9.59 Å². The summed E-state index contributed by atoms with van der Waals surface area (Å²) in [4.78, 5) is 29.8. The number of benzene rings is 1. The van der Waals surface area contributed by atoms with E-state index in [0.717, 1.165) is 28.7 Å². The number of aromatic nitrogens is 2. The van der Waals surface area contributed by atoms with Crippen LogP contribution in [-0.4, -0.2) is 21.0 Å². The molecule has 0 aliphatic heterocycles. The maximum atomic E-state index is 12.1. The van der Waals surface area contributed by atoms with Gasteiger partial charge in [0.05, 0.1) is 6.42 Å². The van der Waals surface area contributed by atoms with Crippen molar-refractivity contribution in [2.75, 3.05) is 0 Å². The first kappa shape index (κ1) is 16.7. The summed E-state index contributed by atoms with van der Waals surface area (Å²) in [6, 6.07) is 7.76. The fourth-order valence-electron chi connectivity index (χ4n) is 2.79. The number of aromatic amines is 1. The van der Waals surface area contributed by atoms with Gasteiger partial charge in [0.25, 0.3) is 5.56 Å². The van der Waals surface area contributed by atoms with Crippen molar-refractivity contribution in [3.63, 3.8) is 0 Å². The van der Waals surface area contributed by atoms with Crippen molar-refractivity contribution < 1.29 is 14.3 Å². The zero-order valence-corrected chi connectivity index (χ0v) is 14.0. The molecule has 3 rings (SSSR count). The van der Waals surface area contributed by atoms with Crippen LogP contribution in [-0.2, 0) is 17.6 Å². The largest absolute Gasteiger partial charge is 0.481 e. The fourth-order valence-corrected chi connectivity index (χ4v) is 2.79. The van der Waals surface area contributed by atoms with Crippen molar-refractivity contribution in [1.82, 2.24) is 9.97 Å². The van der Waals surface area contributed by atoms with Crippen molar-refractivity contribution in [2.45, 2.75) is 26.7 Å². The molecule has 0 saturated carbocycles. The van der Waals surface area contributed by atoms with E-state index in [4.69, 9.17) is 9.52 Å². The van der Waals surface area contributed by atoms with Gasteiger partial charge < -0.3 is 14.5 Å². The third-order valence-electron chi connectivity index (χ3n) is 4.01. The van der Waals surface area contributed by atoms with Gasteiger partial charge in [0.15, 0.2) is 0 Å². The number of carbonyl (C=O) groups is 1. The number of carboxylic acid groups (broad SMARTS) is 1. The molecule has 6 heteroatoms. The molecule has 1 aromatic carbocycles. The number of hydrogen-bond acceptors (Lipinski definition) is 4. The van der Waals surface area contributed by atoms with Gasteiger partial charge in [-0.05, 0) is 25.1 Å². The van der Waals surface area contributed by atoms with E-state index in [-0.39, 0.29) is 12.0 Å². The Labute approximate surface area is 143 Å². The van der Waals surface area contributed by atoms with Gasteiger partial charge in [-0.1, -0.05) is 25.1 Å². The van der Waals surface area contributed by atoms with E-state index in [1.807, 2.05) is 37.3 Å². The number of fused-ring (bicyclic) bond motifs is 1. The molecule has 2 aromatic heterocycles. The molecule has 3 aromatic rings. The molecule has 0 saturated heterocycles. The number of nitrogens with zero attached hydrogens (tertiary/aromatic N) is 1. The highest BCUT2D eigenvalue weighted by Gasteiger charge is 2.12. The minimum absolute atomic E-state index is 0.174. The lowest BCUT2D eigenvalue weighted by molar-refractivity contribution is -0.136. The zero-order valence-electron chi connectivity index (χ0n) is 14.0. The summed E-state index contributed by atoms with van der Waals surface area (Å²) >= 11 is 0. The van der Waals surface area contributed by atoms with Gasteiger partial charge >= 0.3 is 5.97 Å². The number of H-pyrrole nitrogens is 1. The third-order valence-corrected chi connectivity index (χ3v) is 4.01. The predicted molar refractivity (Wildman–Crippen MR) is 95.5 cm³/mol. The molecule has 128 valence electrons. The Morgan fingerprint density at radius 3 is 2.76 bits per heavy atom. The van der Waals surface area contributed by atoms with E-state index in [1.54, 1.807) is 13.0 Å². The molecule has 0 radical (unpaired) electrons. The van der Waals surface area contributed by atoms with E-state index in [2.05, 4.69) is 9.97 Å². The van der Waals surface area contributed by atoms with Crippen LogP contribution in [0.15, 0.2) is 33.5 Å². The van der Waals surface area contributed by atoms with Crippen LogP contribution in [0.25, 0.3) is 23.1 Å². The molecule has 25 heavy (non-hydrogen) atoms. The first-order chi connectivity index (χ1) is 12.0. The maximum Gasteiger partial charge on any atom is 0.308 e. The van der Waals surface area contributed by atoms with Crippen molar-refractivity contribution in [3.8, 4) is 0 Å². The highest BCUT2D eigenvalue weighted by Crippen LogP contribution is 2.27. The van der Waals surface area contributed by atoms with Crippen molar-refractivity contribution in [1.29, 1.82) is 0 Å². The first-order valence-electron chi connectivity index (χ1n) is 7.99. The van der Waals surface area contributed by atoms with Gasteiger partial charge in [0.1, 0.15) is 17.2 Å². The number of carboxylic acids is 1. The van der Waals surface area contributed by atoms with Crippen LogP contribution in [0.3, 0.4) is 0 Å². The second kappa shape index (κ2) is 6.76. The monoisotopic (exact) mass is 338 g/mol. The van der Waals surface area contributed by atoms with Gasteiger partial charge in [-0.2, -0.15) is 0 Å². The number of rotatable bonds is 5. The summed E-state index contributed by atoms with van der Waals surface area (Å²) in [6.07, 6.45) is 3.97. The summed E-state index contributed by atoms with van der Waals surface area (Å²) in [6.45, 7) is 3.65. The van der Waals surface area contributed by atoms with Gasteiger partial charge in [0.2, 0.25) is 0 Å². The van der Waals surface area contributed by atoms with Gasteiger partial charge in [0, 0.05) is 28.6 Å². The molecule has 0 unspecified atom stereocenters. The van der Waals surface area contributed by atoms with Gasteiger partial charge in [-0.15, -0.1) is 0 Å². The Morgan fingerprint density at radius 1 is 1.32 bits per heavy atom. The average Bonchev–Trinajstić information content (AvgIpc) is 2.94. The van der Waals surface area contributed by atoms with Crippen LogP contribution in [0.4, 0.5) is 0 Å². The zero-order chi connectivity index (χ0) is 18.0. The Bertz CT molecular complexity index is 1030. The molecule has 0 amide bonds. The Balaban J connectivity index is 2.00. The number of nitrogens with one attached hydrogen (secondary N) is 1. The minimum Gasteiger partial charge on any atom is -0.481 e. The standard InChI is InChI=1S/C19H18N2O4/c1-3-15-13(12-6-4-5-7-16(12)25-15)8-9-17-20-11(2)14(10-18(22)23)19(24)21-17/h4-9H,3,10H2,1-2H3,(H,22,23)(H,20,21,24)/b9-8+. The van der Waals surface area contributed by atoms with Crippen molar-refractivity contribution in [3.05, 3.63) is 63.0 Å². The summed E-state index contributed by atoms with van der Waals surface area (Å²) < 4.78 is 5.84. The number of aliphatic carboxylic acids is 1. The van der Waals surface area contributed by atoms with E-state index >= 15 is 0 Å². The Hall–Kier alpha value is -3.15. The van der Waals surface area contributed by atoms with E-state index in [0.29, 0.717) is 11.5 Å². The second-order valence-electron chi connectivity index (χ2n) is 5.71. The van der Waals surface area contributed by atoms with E-state index < -0.39 is 11.5 Å². The molecule has 0 bridgehead atoms. The van der Waals surface area contributed by atoms with E-state index in [1.165, 1.54) is 0 Å². The van der Waals surface area contributed by atoms with Crippen LogP contribution in [0.1, 0.15) is 35.3 Å². The smallest absolute Gasteiger partial charge is 0.308 e. The Kier molecular flexibility index (Phi) is 4.52. The molecular weight excluding hydrogens is 320 g/mol. The van der Waals surface area contributed by atoms with Crippen LogP contribution >= 0.6 is 0 Å². The van der Waals surface area contributed by atoms with Crippen LogP contribution in [0.2, 0.25) is 0 Å². The Morgan fingerprint density at radius 2 is 2.08 bits per heavy atom. The number of hydrogen-bond donors (Lipinski definition) is 2. The SMILES string of the molecule is CCc1oc2ccccc2c1/C=C/c1nc(C)c(CC(=O)O)c(=O)[nH]1. The molecule has 0 atom stereocenters. The highest BCUT2D eigenvalue weighted by atomic mass is 16.4. The normalized spacial score (nSPS) is 11.4. The minimum atomic E-state index is -1.06. The lowest BCUT2D eigenvalue weighted by atomic mass is 10.1. The molecule has 0 fully saturated rings. The quantitative estimate of drug-likeness (QED) is 0.745. The maximum absolute atomic E-state index is 12.1. The fraction of sp³-hybridized carbons (Fsp3) is 0.211. The van der Waals surface area contributed by atoms with Gasteiger partial charge in [-0.25, -0.2) is 4.98 Å². The van der Waals surface area contributed by atoms with Crippen molar-refractivity contribution >= 4 is 29.1 Å². The highest BCUT2D eigenvalue weighted by molar-refractivity contribution is 5.91. The van der Waals surface area contributed by atoms with E-state index in [9.17, 15) is 9.59 Å². The summed E-state index contributed by atoms with van der Waals surface area (Å²) in [5.41, 5.74) is 1.93. The summed E-state index contributed by atoms with van der Waals surface area (Å²) in [7, 11) is 0.